The van der Waals surface area contributed by atoms with E-state index in [1.54, 1.807) is 23.5 Å². The van der Waals surface area contributed by atoms with Crippen LogP contribution >= 0.6 is 11.3 Å². The molecule has 1 aromatic carbocycles. The molecule has 5 heteroatoms. The van der Waals surface area contributed by atoms with E-state index in [1.165, 1.54) is 6.26 Å². The topological polar surface area (TPSA) is 55.1 Å². The summed E-state index contributed by atoms with van der Waals surface area (Å²) >= 11 is 1.58. The summed E-state index contributed by atoms with van der Waals surface area (Å²) in [4.78, 5) is 16.5. The zero-order chi connectivity index (χ0) is 13.9. The smallest absolute Gasteiger partial charge is 0.291 e. The van der Waals surface area contributed by atoms with Crippen molar-refractivity contribution in [3.8, 4) is 11.3 Å². The van der Waals surface area contributed by atoms with Crippen molar-refractivity contribution in [1.29, 1.82) is 0 Å². The van der Waals surface area contributed by atoms with Crippen LogP contribution in [0.15, 0.2) is 52.5 Å². The summed E-state index contributed by atoms with van der Waals surface area (Å²) in [5.41, 5.74) is 2.49. The van der Waals surface area contributed by atoms with Gasteiger partial charge in [-0.15, -0.1) is 11.3 Å². The number of benzene rings is 1. The molecule has 0 aliphatic heterocycles. The number of thiazole rings is 1. The Bertz CT molecular complexity index is 732. The number of hydrogen-bond acceptors (Lipinski definition) is 4. The maximum atomic E-state index is 12.0. The zero-order valence-corrected chi connectivity index (χ0v) is 11.6. The molecule has 3 aromatic rings. The molecule has 0 bridgehead atoms. The van der Waals surface area contributed by atoms with Gasteiger partial charge in [-0.25, -0.2) is 4.98 Å². The van der Waals surface area contributed by atoms with Crippen LogP contribution in [-0.4, -0.2) is 10.9 Å². The molecule has 20 heavy (non-hydrogen) atoms. The standard InChI is InChI=1S/C15H12N2O2S/c1-10-16-13(9-20-10)11-5-2-3-6-12(11)17-15(18)14-7-4-8-19-14/h2-9H,1H3,(H,17,18). The maximum absolute atomic E-state index is 12.0. The molecule has 4 nitrogen and oxygen atoms in total. The molecule has 100 valence electrons. The first kappa shape index (κ1) is 12.6. The van der Waals surface area contributed by atoms with Crippen molar-refractivity contribution in [3.05, 3.63) is 58.8 Å². The molecule has 1 N–H and O–H groups in total. The van der Waals surface area contributed by atoms with Crippen LogP contribution in [0.4, 0.5) is 5.69 Å². The molecule has 0 saturated carbocycles. The van der Waals surface area contributed by atoms with Crippen molar-refractivity contribution in [2.45, 2.75) is 6.92 Å². The molecule has 1 amide bonds. The number of rotatable bonds is 3. The number of furan rings is 1. The number of carbonyl (C=O) groups is 1. The van der Waals surface area contributed by atoms with Gasteiger partial charge in [-0.2, -0.15) is 0 Å². The third-order valence-electron chi connectivity index (χ3n) is 2.82. The Hall–Kier alpha value is -2.40. The Morgan fingerprint density at radius 2 is 2.10 bits per heavy atom. The van der Waals surface area contributed by atoms with Gasteiger partial charge in [0.2, 0.25) is 0 Å². The van der Waals surface area contributed by atoms with Crippen molar-refractivity contribution in [3.63, 3.8) is 0 Å². The summed E-state index contributed by atoms with van der Waals surface area (Å²) in [6.07, 6.45) is 1.48. The summed E-state index contributed by atoms with van der Waals surface area (Å²) in [7, 11) is 0. The number of nitrogens with zero attached hydrogens (tertiary/aromatic N) is 1. The fraction of sp³-hybridized carbons (Fsp3) is 0.0667. The average Bonchev–Trinajstić information content (AvgIpc) is 3.10. The second-order valence-electron chi connectivity index (χ2n) is 4.23. The molecule has 0 aliphatic carbocycles. The molecule has 0 radical (unpaired) electrons. The van der Waals surface area contributed by atoms with Gasteiger partial charge in [0.15, 0.2) is 5.76 Å². The van der Waals surface area contributed by atoms with E-state index in [1.807, 2.05) is 36.6 Å². The Morgan fingerprint density at radius 1 is 1.25 bits per heavy atom. The third kappa shape index (κ3) is 2.48. The summed E-state index contributed by atoms with van der Waals surface area (Å²) in [6.45, 7) is 1.96. The lowest BCUT2D eigenvalue weighted by Gasteiger charge is -2.08. The predicted octanol–water partition coefficient (Wildman–Crippen LogP) is 3.96. The second kappa shape index (κ2) is 5.30. The molecular formula is C15H12N2O2S. The fourth-order valence-corrected chi connectivity index (χ4v) is 2.51. The van der Waals surface area contributed by atoms with Gasteiger partial charge in [0.05, 0.1) is 22.7 Å². The van der Waals surface area contributed by atoms with E-state index in [9.17, 15) is 4.79 Å². The van der Waals surface area contributed by atoms with E-state index < -0.39 is 0 Å². The van der Waals surface area contributed by atoms with Crippen molar-refractivity contribution in [2.24, 2.45) is 0 Å². The number of para-hydroxylation sites is 1. The highest BCUT2D eigenvalue weighted by molar-refractivity contribution is 7.09. The molecule has 0 saturated heterocycles. The van der Waals surface area contributed by atoms with Crippen molar-refractivity contribution >= 4 is 22.9 Å². The average molecular weight is 284 g/mol. The molecule has 0 fully saturated rings. The monoisotopic (exact) mass is 284 g/mol. The van der Waals surface area contributed by atoms with E-state index in [-0.39, 0.29) is 11.7 Å². The highest BCUT2D eigenvalue weighted by Crippen LogP contribution is 2.29. The van der Waals surface area contributed by atoms with Crippen LogP contribution in [0.3, 0.4) is 0 Å². The number of nitrogens with one attached hydrogen (secondary N) is 1. The normalized spacial score (nSPS) is 10.4. The highest BCUT2D eigenvalue weighted by Gasteiger charge is 2.13. The Morgan fingerprint density at radius 3 is 2.80 bits per heavy atom. The molecule has 2 heterocycles. The van der Waals surface area contributed by atoms with Crippen LogP contribution < -0.4 is 5.32 Å². The largest absolute Gasteiger partial charge is 0.459 e. The lowest BCUT2D eigenvalue weighted by molar-refractivity contribution is 0.0996. The first-order valence-corrected chi connectivity index (χ1v) is 6.98. The van der Waals surface area contributed by atoms with E-state index in [0.29, 0.717) is 0 Å². The molecule has 3 rings (SSSR count). The molecule has 2 aromatic heterocycles. The van der Waals surface area contributed by atoms with Crippen LogP contribution in [0.25, 0.3) is 11.3 Å². The summed E-state index contributed by atoms with van der Waals surface area (Å²) in [5, 5.41) is 5.82. The van der Waals surface area contributed by atoms with Gasteiger partial charge in [-0.3, -0.25) is 4.79 Å². The number of aryl methyl sites for hydroxylation is 1. The van der Waals surface area contributed by atoms with Crippen LogP contribution in [0.2, 0.25) is 0 Å². The van der Waals surface area contributed by atoms with E-state index >= 15 is 0 Å². The minimum Gasteiger partial charge on any atom is -0.459 e. The zero-order valence-electron chi connectivity index (χ0n) is 10.8. The highest BCUT2D eigenvalue weighted by atomic mass is 32.1. The van der Waals surface area contributed by atoms with E-state index in [2.05, 4.69) is 10.3 Å². The van der Waals surface area contributed by atoms with Gasteiger partial charge < -0.3 is 9.73 Å². The van der Waals surface area contributed by atoms with Gasteiger partial charge in [-0.05, 0) is 25.1 Å². The number of carbonyl (C=O) groups excluding carboxylic acids is 1. The summed E-state index contributed by atoms with van der Waals surface area (Å²) in [5.74, 6) is 0.0173. The first-order valence-electron chi connectivity index (χ1n) is 6.10. The minimum atomic E-state index is -0.269. The van der Waals surface area contributed by atoms with Gasteiger partial charge in [-0.1, -0.05) is 18.2 Å². The Kier molecular flexibility index (Phi) is 3.35. The number of amides is 1. The van der Waals surface area contributed by atoms with Crippen LogP contribution in [-0.2, 0) is 0 Å². The first-order chi connectivity index (χ1) is 9.74. The van der Waals surface area contributed by atoms with E-state index in [0.717, 1.165) is 22.0 Å². The number of hydrogen-bond donors (Lipinski definition) is 1. The number of anilines is 1. The predicted molar refractivity (Wildman–Crippen MR) is 78.9 cm³/mol. The molecule has 0 unspecified atom stereocenters. The lowest BCUT2D eigenvalue weighted by atomic mass is 10.1. The van der Waals surface area contributed by atoms with Gasteiger partial charge in [0, 0.05) is 10.9 Å². The van der Waals surface area contributed by atoms with Gasteiger partial charge in [0.25, 0.3) is 5.91 Å². The Balaban J connectivity index is 1.92. The fourth-order valence-electron chi connectivity index (χ4n) is 1.89. The molecular weight excluding hydrogens is 272 g/mol. The number of aromatic nitrogens is 1. The minimum absolute atomic E-state index is 0.269. The van der Waals surface area contributed by atoms with Crippen molar-refractivity contribution in [2.75, 3.05) is 5.32 Å². The SMILES string of the molecule is Cc1nc(-c2ccccc2NC(=O)c2ccco2)cs1. The third-order valence-corrected chi connectivity index (χ3v) is 3.59. The van der Waals surface area contributed by atoms with Crippen molar-refractivity contribution < 1.29 is 9.21 Å². The molecule has 0 atom stereocenters. The summed E-state index contributed by atoms with van der Waals surface area (Å²) in [6, 6.07) is 10.9. The van der Waals surface area contributed by atoms with Crippen LogP contribution in [0, 0.1) is 6.92 Å². The maximum Gasteiger partial charge on any atom is 0.291 e. The van der Waals surface area contributed by atoms with Crippen LogP contribution in [0.5, 0.6) is 0 Å². The second-order valence-corrected chi connectivity index (χ2v) is 5.29. The van der Waals surface area contributed by atoms with Gasteiger partial charge in [0.1, 0.15) is 0 Å². The Labute approximate surface area is 120 Å². The van der Waals surface area contributed by atoms with Crippen molar-refractivity contribution in [1.82, 2.24) is 4.98 Å². The molecule has 0 spiro atoms. The van der Waals surface area contributed by atoms with E-state index in [4.69, 9.17) is 4.42 Å². The van der Waals surface area contributed by atoms with Gasteiger partial charge >= 0.3 is 0 Å². The molecule has 0 aliphatic rings. The quantitative estimate of drug-likeness (QED) is 0.792. The summed E-state index contributed by atoms with van der Waals surface area (Å²) < 4.78 is 5.09. The van der Waals surface area contributed by atoms with Crippen LogP contribution in [0.1, 0.15) is 15.6 Å². The lowest BCUT2D eigenvalue weighted by Crippen LogP contribution is -2.11.